The minimum absolute atomic E-state index is 0.123. The van der Waals surface area contributed by atoms with Gasteiger partial charge in [0.2, 0.25) is 0 Å². The van der Waals surface area contributed by atoms with Gasteiger partial charge in [-0.05, 0) is 19.1 Å². The molecule has 0 fully saturated rings. The highest BCUT2D eigenvalue weighted by Crippen LogP contribution is 2.29. The number of thioether (sulfide) groups is 1. The standard InChI is InChI=1S/C21H16N4O2S/c1-14(26)17-19(24-20(27)16-10-6-3-7-11-16)23-18(15-8-4-2-5-9-15)25-21(17)28-13-12-22/h2-11H,13H2,1H3,(H,23,24,25,27). The summed E-state index contributed by atoms with van der Waals surface area (Å²) in [5, 5.41) is 12.0. The van der Waals surface area contributed by atoms with E-state index in [1.54, 1.807) is 24.3 Å². The summed E-state index contributed by atoms with van der Waals surface area (Å²) < 4.78 is 0. The average Bonchev–Trinajstić information content (AvgIpc) is 2.73. The Hall–Kier alpha value is -3.50. The molecule has 1 N–H and O–H groups in total. The Labute approximate surface area is 166 Å². The Balaban J connectivity index is 2.10. The number of nitrogens with zero attached hydrogens (tertiary/aromatic N) is 3. The molecule has 3 aromatic rings. The number of Topliss-reactive ketones (excluding diaryl/α,β-unsaturated/α-hetero) is 1. The van der Waals surface area contributed by atoms with Crippen molar-refractivity contribution in [2.75, 3.05) is 11.1 Å². The van der Waals surface area contributed by atoms with Crippen LogP contribution in [0.5, 0.6) is 0 Å². The smallest absolute Gasteiger partial charge is 0.256 e. The van der Waals surface area contributed by atoms with Gasteiger partial charge in [0.1, 0.15) is 10.8 Å². The molecule has 28 heavy (non-hydrogen) atoms. The quantitative estimate of drug-likeness (QED) is 0.386. The van der Waals surface area contributed by atoms with Gasteiger partial charge in [0.05, 0.1) is 17.4 Å². The summed E-state index contributed by atoms with van der Waals surface area (Å²) in [5.41, 5.74) is 1.39. The van der Waals surface area contributed by atoms with E-state index in [0.29, 0.717) is 16.4 Å². The second-order valence-corrected chi connectivity index (χ2v) is 6.73. The van der Waals surface area contributed by atoms with E-state index in [4.69, 9.17) is 5.26 Å². The maximum atomic E-state index is 12.6. The first-order chi connectivity index (χ1) is 13.6. The van der Waals surface area contributed by atoms with E-state index in [9.17, 15) is 9.59 Å². The first-order valence-electron chi connectivity index (χ1n) is 8.44. The molecule has 1 aromatic heterocycles. The van der Waals surface area contributed by atoms with Crippen LogP contribution in [0.3, 0.4) is 0 Å². The molecule has 0 radical (unpaired) electrons. The lowest BCUT2D eigenvalue weighted by molar-refractivity contribution is 0.101. The van der Waals surface area contributed by atoms with Gasteiger partial charge in [-0.3, -0.25) is 9.59 Å². The number of amides is 1. The van der Waals surface area contributed by atoms with Crippen molar-refractivity contribution >= 4 is 29.3 Å². The van der Waals surface area contributed by atoms with Crippen LogP contribution in [0, 0.1) is 11.3 Å². The van der Waals surface area contributed by atoms with Crippen molar-refractivity contribution in [3.05, 3.63) is 71.8 Å². The molecule has 0 bridgehead atoms. The average molecular weight is 388 g/mol. The third-order valence-electron chi connectivity index (χ3n) is 3.80. The minimum Gasteiger partial charge on any atom is -0.306 e. The summed E-state index contributed by atoms with van der Waals surface area (Å²) in [6, 6.07) is 19.9. The zero-order valence-corrected chi connectivity index (χ0v) is 15.9. The van der Waals surface area contributed by atoms with Crippen LogP contribution in [0.25, 0.3) is 11.4 Å². The number of nitriles is 1. The maximum Gasteiger partial charge on any atom is 0.256 e. The van der Waals surface area contributed by atoms with Crippen LogP contribution >= 0.6 is 11.8 Å². The number of carbonyl (C=O) groups is 2. The predicted molar refractivity (Wildman–Crippen MR) is 108 cm³/mol. The van der Waals surface area contributed by atoms with Crippen molar-refractivity contribution in [2.24, 2.45) is 0 Å². The third-order valence-corrected chi connectivity index (χ3v) is 4.64. The molecular formula is C21H16N4O2S. The lowest BCUT2D eigenvalue weighted by atomic mass is 10.1. The van der Waals surface area contributed by atoms with Gasteiger partial charge in [0.25, 0.3) is 5.91 Å². The van der Waals surface area contributed by atoms with Gasteiger partial charge >= 0.3 is 0 Å². The highest BCUT2D eigenvalue weighted by Gasteiger charge is 2.21. The van der Waals surface area contributed by atoms with Crippen LogP contribution in [-0.2, 0) is 0 Å². The fourth-order valence-electron chi connectivity index (χ4n) is 2.54. The first kappa shape index (κ1) is 19.3. The number of hydrogen-bond acceptors (Lipinski definition) is 6. The number of hydrogen-bond donors (Lipinski definition) is 1. The molecule has 3 rings (SSSR count). The van der Waals surface area contributed by atoms with Gasteiger partial charge in [-0.25, -0.2) is 9.97 Å². The number of carbonyl (C=O) groups excluding carboxylic acids is 2. The van der Waals surface area contributed by atoms with E-state index in [0.717, 1.165) is 17.3 Å². The van der Waals surface area contributed by atoms with Crippen LogP contribution in [0.15, 0.2) is 65.7 Å². The van der Waals surface area contributed by atoms with Crippen LogP contribution in [0.4, 0.5) is 5.82 Å². The first-order valence-corrected chi connectivity index (χ1v) is 9.43. The number of benzene rings is 2. The zero-order chi connectivity index (χ0) is 19.9. The summed E-state index contributed by atoms with van der Waals surface area (Å²) in [4.78, 5) is 33.8. The Bertz CT molecular complexity index is 1050. The van der Waals surface area contributed by atoms with E-state index in [-0.39, 0.29) is 28.8 Å². The SMILES string of the molecule is CC(=O)c1c(NC(=O)c2ccccc2)nc(-c2ccccc2)nc1SCC#N. The lowest BCUT2D eigenvalue weighted by Gasteiger charge is -2.13. The van der Waals surface area contributed by atoms with Crippen molar-refractivity contribution in [1.29, 1.82) is 5.26 Å². The second-order valence-electron chi connectivity index (χ2n) is 5.77. The van der Waals surface area contributed by atoms with Crippen molar-refractivity contribution in [3.8, 4) is 17.5 Å². The fourth-order valence-corrected chi connectivity index (χ4v) is 3.28. The Morgan fingerprint density at radius 3 is 2.29 bits per heavy atom. The molecule has 2 aromatic carbocycles. The number of rotatable bonds is 6. The normalized spacial score (nSPS) is 10.1. The van der Waals surface area contributed by atoms with Crippen molar-refractivity contribution < 1.29 is 9.59 Å². The van der Waals surface area contributed by atoms with E-state index in [1.807, 2.05) is 42.5 Å². The molecule has 0 unspecified atom stereocenters. The number of aromatic nitrogens is 2. The molecule has 6 nitrogen and oxygen atoms in total. The predicted octanol–water partition coefficient (Wildman–Crippen LogP) is 4.21. The topological polar surface area (TPSA) is 95.7 Å². The molecule has 0 saturated heterocycles. The third kappa shape index (κ3) is 4.42. The summed E-state index contributed by atoms with van der Waals surface area (Å²) in [5.74, 6) is -0.0390. The van der Waals surface area contributed by atoms with Crippen LogP contribution in [0.1, 0.15) is 27.6 Å². The van der Waals surface area contributed by atoms with Gasteiger partial charge in [-0.2, -0.15) is 5.26 Å². The molecule has 0 saturated carbocycles. The molecule has 0 atom stereocenters. The van der Waals surface area contributed by atoms with Gasteiger partial charge in [0.15, 0.2) is 11.6 Å². The highest BCUT2D eigenvalue weighted by molar-refractivity contribution is 7.99. The molecule has 0 aliphatic rings. The largest absolute Gasteiger partial charge is 0.306 e. The lowest BCUT2D eigenvalue weighted by Crippen LogP contribution is -2.17. The van der Waals surface area contributed by atoms with Gasteiger partial charge in [-0.1, -0.05) is 60.3 Å². The van der Waals surface area contributed by atoms with Crippen LogP contribution < -0.4 is 5.32 Å². The van der Waals surface area contributed by atoms with Crippen molar-refractivity contribution in [2.45, 2.75) is 11.9 Å². The van der Waals surface area contributed by atoms with Gasteiger partial charge < -0.3 is 5.32 Å². The Kier molecular flexibility index (Phi) is 6.14. The van der Waals surface area contributed by atoms with Crippen molar-refractivity contribution in [1.82, 2.24) is 9.97 Å². The second kappa shape index (κ2) is 8.93. The van der Waals surface area contributed by atoms with Crippen molar-refractivity contribution in [3.63, 3.8) is 0 Å². The monoisotopic (exact) mass is 388 g/mol. The number of ketones is 1. The molecule has 0 spiro atoms. The fraction of sp³-hybridized carbons (Fsp3) is 0.0952. The molecule has 0 aliphatic heterocycles. The van der Waals surface area contributed by atoms with Crippen LogP contribution in [-0.4, -0.2) is 27.4 Å². The van der Waals surface area contributed by atoms with Gasteiger partial charge in [-0.15, -0.1) is 0 Å². The summed E-state index contributed by atoms with van der Waals surface area (Å²) in [6.45, 7) is 1.38. The highest BCUT2D eigenvalue weighted by atomic mass is 32.2. The minimum atomic E-state index is -0.378. The van der Waals surface area contributed by atoms with Gasteiger partial charge in [0, 0.05) is 11.1 Å². The maximum absolute atomic E-state index is 12.6. The summed E-state index contributed by atoms with van der Waals surface area (Å²) in [6.07, 6.45) is 0. The number of nitrogens with one attached hydrogen (secondary N) is 1. The molecule has 7 heteroatoms. The van der Waals surface area contributed by atoms with E-state index < -0.39 is 0 Å². The number of anilines is 1. The molecule has 1 amide bonds. The molecule has 138 valence electrons. The Morgan fingerprint density at radius 2 is 1.68 bits per heavy atom. The van der Waals surface area contributed by atoms with Crippen LogP contribution in [0.2, 0.25) is 0 Å². The molecule has 1 heterocycles. The summed E-state index contributed by atoms with van der Waals surface area (Å²) >= 11 is 1.14. The van der Waals surface area contributed by atoms with E-state index in [2.05, 4.69) is 15.3 Å². The van der Waals surface area contributed by atoms with E-state index in [1.165, 1.54) is 6.92 Å². The van der Waals surface area contributed by atoms with E-state index >= 15 is 0 Å². The molecule has 0 aliphatic carbocycles. The summed E-state index contributed by atoms with van der Waals surface area (Å²) in [7, 11) is 0. The zero-order valence-electron chi connectivity index (χ0n) is 15.0. The molecular weight excluding hydrogens is 372 g/mol. The Morgan fingerprint density at radius 1 is 1.04 bits per heavy atom.